The van der Waals surface area contributed by atoms with Gasteiger partial charge in [0.2, 0.25) is 0 Å². The maximum absolute atomic E-state index is 4.79. The van der Waals surface area contributed by atoms with Gasteiger partial charge >= 0.3 is 0 Å². The maximum atomic E-state index is 4.79. The molecule has 3 heterocycles. The second-order valence-corrected chi connectivity index (χ2v) is 8.70. The number of halogens is 1. The number of anilines is 1. The van der Waals surface area contributed by atoms with Gasteiger partial charge < -0.3 is 15.5 Å². The Bertz CT molecular complexity index is 745. The van der Waals surface area contributed by atoms with Gasteiger partial charge in [-0.2, -0.15) is 5.10 Å². The van der Waals surface area contributed by atoms with E-state index in [4.69, 9.17) is 10.1 Å². The van der Waals surface area contributed by atoms with Crippen LogP contribution >= 0.6 is 35.3 Å². The summed E-state index contributed by atoms with van der Waals surface area (Å²) in [4.78, 5) is 7.28. The number of aromatic nitrogens is 2. The summed E-state index contributed by atoms with van der Waals surface area (Å²) >= 11 is 1.83. The normalized spacial score (nSPS) is 18.7. The van der Waals surface area contributed by atoms with Crippen molar-refractivity contribution in [2.45, 2.75) is 64.1 Å². The highest BCUT2D eigenvalue weighted by Crippen LogP contribution is 2.28. The zero-order valence-electron chi connectivity index (χ0n) is 17.2. The minimum atomic E-state index is 0. The number of guanidine groups is 1. The Balaban J connectivity index is 0.00000240. The van der Waals surface area contributed by atoms with E-state index in [-0.39, 0.29) is 24.0 Å². The number of hydrogen-bond acceptors (Lipinski definition) is 4. The molecule has 0 bridgehead atoms. The van der Waals surface area contributed by atoms with Crippen molar-refractivity contribution >= 4 is 46.3 Å². The molecule has 2 fully saturated rings. The molecule has 4 rings (SSSR count). The highest BCUT2D eigenvalue weighted by Gasteiger charge is 2.21. The monoisotopic (exact) mass is 528 g/mol. The lowest BCUT2D eigenvalue weighted by molar-refractivity contribution is 0.460. The highest BCUT2D eigenvalue weighted by atomic mass is 127. The zero-order valence-corrected chi connectivity index (χ0v) is 20.4. The van der Waals surface area contributed by atoms with E-state index in [9.17, 15) is 0 Å². The van der Waals surface area contributed by atoms with E-state index >= 15 is 0 Å². The van der Waals surface area contributed by atoms with Gasteiger partial charge in [0.15, 0.2) is 5.96 Å². The van der Waals surface area contributed by atoms with Crippen molar-refractivity contribution in [1.82, 2.24) is 20.4 Å². The Morgan fingerprint density at radius 3 is 2.69 bits per heavy atom. The molecule has 8 heteroatoms. The van der Waals surface area contributed by atoms with Gasteiger partial charge in [0.1, 0.15) is 0 Å². The molecule has 2 aliphatic rings. The van der Waals surface area contributed by atoms with Crippen molar-refractivity contribution < 1.29 is 0 Å². The number of thiophene rings is 1. The Hall–Kier alpha value is -1.29. The first kappa shape index (κ1) is 22.4. The molecule has 2 aromatic heterocycles. The Kier molecular flexibility index (Phi) is 8.65. The van der Waals surface area contributed by atoms with E-state index in [2.05, 4.69) is 56.9 Å². The van der Waals surface area contributed by atoms with E-state index in [0.717, 1.165) is 44.1 Å². The first-order valence-electron chi connectivity index (χ1n) is 10.7. The van der Waals surface area contributed by atoms with Crippen molar-refractivity contribution in [3.63, 3.8) is 0 Å². The summed E-state index contributed by atoms with van der Waals surface area (Å²) in [5, 5.41) is 15.3. The molecule has 2 N–H and O–H groups in total. The summed E-state index contributed by atoms with van der Waals surface area (Å²) in [5.74, 6) is 0.910. The molecule has 0 spiro atoms. The van der Waals surface area contributed by atoms with Gasteiger partial charge in [0.05, 0.1) is 23.3 Å². The summed E-state index contributed by atoms with van der Waals surface area (Å²) in [5.41, 5.74) is 1.05. The second-order valence-electron chi connectivity index (χ2n) is 7.78. The minimum Gasteiger partial charge on any atom is -0.363 e. The van der Waals surface area contributed by atoms with Crippen LogP contribution in [0.15, 0.2) is 34.8 Å². The third-order valence-corrected chi connectivity index (χ3v) is 6.69. The number of rotatable bonds is 6. The largest absolute Gasteiger partial charge is 0.363 e. The molecule has 0 unspecified atom stereocenters. The molecular weight excluding hydrogens is 495 g/mol. The molecule has 2 aromatic rings. The molecule has 0 aromatic carbocycles. The van der Waals surface area contributed by atoms with E-state index in [0.29, 0.717) is 18.6 Å². The average Bonchev–Trinajstić information content (AvgIpc) is 3.49. The molecule has 1 saturated heterocycles. The van der Waals surface area contributed by atoms with Gasteiger partial charge in [0, 0.05) is 31.9 Å². The van der Waals surface area contributed by atoms with Crippen LogP contribution in [-0.2, 0) is 6.54 Å². The molecule has 160 valence electrons. The van der Waals surface area contributed by atoms with Crippen LogP contribution in [0.3, 0.4) is 0 Å². The fourth-order valence-corrected chi connectivity index (χ4v) is 4.99. The third-order valence-electron chi connectivity index (χ3n) is 5.76. The van der Waals surface area contributed by atoms with Crippen LogP contribution in [0, 0.1) is 0 Å². The first-order valence-corrected chi connectivity index (χ1v) is 11.6. The molecule has 29 heavy (non-hydrogen) atoms. The van der Waals surface area contributed by atoms with Crippen LogP contribution < -0.4 is 15.5 Å². The van der Waals surface area contributed by atoms with Crippen molar-refractivity contribution in [3.8, 4) is 0 Å². The zero-order chi connectivity index (χ0) is 19.2. The minimum absolute atomic E-state index is 0. The predicted molar refractivity (Wildman–Crippen MR) is 133 cm³/mol. The molecular formula is C21H33IN6S. The van der Waals surface area contributed by atoms with Crippen LogP contribution in [0.1, 0.15) is 57.2 Å². The van der Waals surface area contributed by atoms with Gasteiger partial charge in [-0.3, -0.25) is 4.68 Å². The standard InChI is InChI=1S/C21H32N6S.HI/c1-2-22-21(23-16-18-11-14-27(25-18)19-6-3-4-7-19)24-17-9-12-26(13-10-17)20-8-5-15-28-20;/h5,8,11,14-15,17,19H,2-4,6-7,9-10,12-13,16H2,1H3,(H2,22,23,24);1H. The quantitative estimate of drug-likeness (QED) is 0.332. The van der Waals surface area contributed by atoms with Crippen LogP contribution in [0.2, 0.25) is 0 Å². The van der Waals surface area contributed by atoms with Crippen LogP contribution in [-0.4, -0.2) is 41.4 Å². The topological polar surface area (TPSA) is 57.5 Å². The first-order chi connectivity index (χ1) is 13.8. The molecule has 1 saturated carbocycles. The Morgan fingerprint density at radius 2 is 2.00 bits per heavy atom. The van der Waals surface area contributed by atoms with Crippen LogP contribution in [0.25, 0.3) is 0 Å². The lowest BCUT2D eigenvalue weighted by atomic mass is 10.1. The summed E-state index contributed by atoms with van der Waals surface area (Å²) in [6, 6.07) is 7.54. The fraction of sp³-hybridized carbons (Fsp3) is 0.619. The van der Waals surface area contributed by atoms with Gasteiger partial charge in [-0.1, -0.05) is 12.8 Å². The van der Waals surface area contributed by atoms with E-state index < -0.39 is 0 Å². The van der Waals surface area contributed by atoms with Crippen molar-refractivity contribution in [2.24, 2.45) is 4.99 Å². The van der Waals surface area contributed by atoms with Crippen LogP contribution in [0.5, 0.6) is 0 Å². The van der Waals surface area contributed by atoms with Crippen molar-refractivity contribution in [1.29, 1.82) is 0 Å². The summed E-state index contributed by atoms with van der Waals surface area (Å²) < 4.78 is 2.15. The maximum Gasteiger partial charge on any atom is 0.191 e. The van der Waals surface area contributed by atoms with Crippen LogP contribution in [0.4, 0.5) is 5.00 Å². The number of piperidine rings is 1. The number of nitrogens with one attached hydrogen (secondary N) is 2. The van der Waals surface area contributed by atoms with Gasteiger partial charge in [-0.05, 0) is 56.2 Å². The third kappa shape index (κ3) is 6.10. The predicted octanol–water partition coefficient (Wildman–Crippen LogP) is 4.40. The SMILES string of the molecule is CCNC(=NCc1ccn(C2CCCC2)n1)NC1CCN(c2cccs2)CC1.I. The lowest BCUT2D eigenvalue weighted by Gasteiger charge is -2.33. The molecule has 1 aliphatic heterocycles. The van der Waals surface area contributed by atoms with E-state index in [1.807, 2.05) is 11.3 Å². The van der Waals surface area contributed by atoms with Gasteiger partial charge in [-0.25, -0.2) is 4.99 Å². The summed E-state index contributed by atoms with van der Waals surface area (Å²) in [6.45, 7) is 5.82. The highest BCUT2D eigenvalue weighted by molar-refractivity contribution is 14.0. The number of hydrogen-bond donors (Lipinski definition) is 2. The molecule has 1 aliphatic carbocycles. The van der Waals surface area contributed by atoms with Crippen molar-refractivity contribution in [3.05, 3.63) is 35.5 Å². The smallest absolute Gasteiger partial charge is 0.191 e. The Morgan fingerprint density at radius 1 is 1.21 bits per heavy atom. The fourth-order valence-electron chi connectivity index (χ4n) is 4.20. The van der Waals surface area contributed by atoms with Gasteiger partial charge in [0.25, 0.3) is 0 Å². The molecule has 6 nitrogen and oxygen atoms in total. The Labute approximate surface area is 195 Å². The molecule has 0 atom stereocenters. The molecule has 0 amide bonds. The van der Waals surface area contributed by atoms with Gasteiger partial charge in [-0.15, -0.1) is 35.3 Å². The number of nitrogens with zero attached hydrogens (tertiary/aromatic N) is 4. The number of aliphatic imine (C=N–C) groups is 1. The summed E-state index contributed by atoms with van der Waals surface area (Å²) in [7, 11) is 0. The molecule has 0 radical (unpaired) electrons. The second kappa shape index (κ2) is 11.2. The van der Waals surface area contributed by atoms with E-state index in [1.165, 1.54) is 30.7 Å². The summed E-state index contributed by atoms with van der Waals surface area (Å²) in [6.07, 6.45) is 9.59. The van der Waals surface area contributed by atoms with Crippen molar-refractivity contribution in [2.75, 3.05) is 24.5 Å². The van der Waals surface area contributed by atoms with E-state index in [1.54, 1.807) is 0 Å². The lowest BCUT2D eigenvalue weighted by Crippen LogP contribution is -2.48. The average molecular weight is 529 g/mol.